The number of allylic oxidation sites excluding steroid dienone is 1. The Kier molecular flexibility index (Phi) is 7.94. The van der Waals surface area contributed by atoms with Gasteiger partial charge in [-0.1, -0.05) is 23.8 Å². The summed E-state index contributed by atoms with van der Waals surface area (Å²) >= 11 is 0. The fraction of sp³-hybridized carbons (Fsp3) is 0.500. The average Bonchev–Trinajstić information content (AvgIpc) is 2.40. The molecule has 3 heteroatoms. The number of benzene rings is 1. The number of ether oxygens (including phenoxy) is 2. The molecule has 0 fully saturated rings. The van der Waals surface area contributed by atoms with Gasteiger partial charge in [0, 0.05) is 13.7 Å². The van der Waals surface area contributed by atoms with Gasteiger partial charge in [0.1, 0.15) is 5.75 Å². The molecule has 0 amide bonds. The summed E-state index contributed by atoms with van der Waals surface area (Å²) in [6, 6.07) is 6.29. The molecule has 0 atom stereocenters. The Balaban J connectivity index is 2.30. The lowest BCUT2D eigenvalue weighted by molar-refractivity contribution is 0.198. The monoisotopic (exact) mass is 263 g/mol. The minimum atomic E-state index is 0.729. The Morgan fingerprint density at radius 1 is 1.26 bits per heavy atom. The second-order valence-electron chi connectivity index (χ2n) is 4.55. The van der Waals surface area contributed by atoms with Crippen molar-refractivity contribution in [1.29, 1.82) is 0 Å². The molecule has 1 N–H and O–H groups in total. The van der Waals surface area contributed by atoms with Gasteiger partial charge in [-0.25, -0.2) is 0 Å². The van der Waals surface area contributed by atoms with Gasteiger partial charge in [-0.15, -0.1) is 6.58 Å². The molecule has 0 aromatic heterocycles. The van der Waals surface area contributed by atoms with E-state index in [9.17, 15) is 0 Å². The zero-order valence-electron chi connectivity index (χ0n) is 12.1. The topological polar surface area (TPSA) is 30.5 Å². The van der Waals surface area contributed by atoms with E-state index in [-0.39, 0.29) is 0 Å². The van der Waals surface area contributed by atoms with Crippen LogP contribution in [0.25, 0.3) is 0 Å². The maximum Gasteiger partial charge on any atom is 0.122 e. The molecule has 0 radical (unpaired) electrons. The molecule has 0 saturated heterocycles. The highest BCUT2D eigenvalue weighted by atomic mass is 16.5. The zero-order chi connectivity index (χ0) is 13.9. The molecule has 106 valence electrons. The Labute approximate surface area is 116 Å². The van der Waals surface area contributed by atoms with E-state index < -0.39 is 0 Å². The van der Waals surface area contributed by atoms with Crippen molar-refractivity contribution >= 4 is 0 Å². The van der Waals surface area contributed by atoms with Crippen molar-refractivity contribution in [2.45, 2.75) is 19.8 Å². The molecule has 0 bridgehead atoms. The molecule has 0 aliphatic carbocycles. The summed E-state index contributed by atoms with van der Waals surface area (Å²) in [7, 11) is 1.71. The van der Waals surface area contributed by atoms with Gasteiger partial charge in [0.25, 0.3) is 0 Å². The average molecular weight is 263 g/mol. The summed E-state index contributed by atoms with van der Waals surface area (Å²) in [6.07, 6.45) is 3.75. The molecule has 0 heterocycles. The summed E-state index contributed by atoms with van der Waals surface area (Å²) in [5.41, 5.74) is 2.47. The highest BCUT2D eigenvalue weighted by Gasteiger charge is 2.02. The van der Waals surface area contributed by atoms with E-state index in [0.717, 1.165) is 44.9 Å². The first-order valence-electron chi connectivity index (χ1n) is 6.80. The van der Waals surface area contributed by atoms with Crippen molar-refractivity contribution in [3.05, 3.63) is 42.0 Å². The van der Waals surface area contributed by atoms with Gasteiger partial charge in [0.05, 0.1) is 13.2 Å². The van der Waals surface area contributed by atoms with Gasteiger partial charge in [0.15, 0.2) is 0 Å². The molecule has 0 spiro atoms. The Bertz CT molecular complexity index is 377. The molecule has 1 rings (SSSR count). The Morgan fingerprint density at radius 3 is 2.84 bits per heavy atom. The highest BCUT2D eigenvalue weighted by molar-refractivity contribution is 5.38. The first kappa shape index (κ1) is 15.7. The Hall–Kier alpha value is -1.32. The van der Waals surface area contributed by atoms with Gasteiger partial charge < -0.3 is 14.8 Å². The smallest absolute Gasteiger partial charge is 0.122 e. The SMILES string of the molecule is C=CCc1cc(C)ccc1OCCCNCCOC. The summed E-state index contributed by atoms with van der Waals surface area (Å²) in [5.74, 6) is 0.974. The number of aryl methyl sites for hydroxylation is 1. The van der Waals surface area contributed by atoms with Gasteiger partial charge in [-0.3, -0.25) is 0 Å². The van der Waals surface area contributed by atoms with Gasteiger partial charge >= 0.3 is 0 Å². The highest BCUT2D eigenvalue weighted by Crippen LogP contribution is 2.21. The maximum absolute atomic E-state index is 5.83. The van der Waals surface area contributed by atoms with E-state index in [4.69, 9.17) is 9.47 Å². The Morgan fingerprint density at radius 2 is 2.11 bits per heavy atom. The van der Waals surface area contributed by atoms with Crippen LogP contribution in [-0.4, -0.2) is 33.4 Å². The van der Waals surface area contributed by atoms with E-state index in [1.165, 1.54) is 11.1 Å². The third kappa shape index (κ3) is 6.41. The molecule has 1 aromatic rings. The standard InChI is InChI=1S/C16H25NO2/c1-4-6-15-13-14(2)7-8-16(15)19-11-5-9-17-10-12-18-3/h4,7-8,13,17H,1,5-6,9-12H2,2-3H3. The molecule has 0 saturated carbocycles. The third-order valence-electron chi connectivity index (χ3n) is 2.82. The second-order valence-corrected chi connectivity index (χ2v) is 4.55. The lowest BCUT2D eigenvalue weighted by Gasteiger charge is -2.11. The number of rotatable bonds is 10. The predicted molar refractivity (Wildman–Crippen MR) is 79.9 cm³/mol. The number of methoxy groups -OCH3 is 1. The summed E-state index contributed by atoms with van der Waals surface area (Å²) in [4.78, 5) is 0. The predicted octanol–water partition coefficient (Wildman–Crippen LogP) is 2.73. The minimum absolute atomic E-state index is 0.729. The lowest BCUT2D eigenvalue weighted by atomic mass is 10.1. The largest absolute Gasteiger partial charge is 0.493 e. The molecule has 19 heavy (non-hydrogen) atoms. The first-order valence-corrected chi connectivity index (χ1v) is 6.80. The van der Waals surface area contributed by atoms with Crippen molar-refractivity contribution in [1.82, 2.24) is 5.32 Å². The summed E-state index contributed by atoms with van der Waals surface area (Å²) < 4.78 is 10.8. The van der Waals surface area contributed by atoms with Crippen LogP contribution in [0.4, 0.5) is 0 Å². The molecule has 0 aliphatic heterocycles. The van der Waals surface area contributed by atoms with Crippen LogP contribution in [0.1, 0.15) is 17.5 Å². The van der Waals surface area contributed by atoms with Crippen LogP contribution in [0.2, 0.25) is 0 Å². The van der Waals surface area contributed by atoms with Gasteiger partial charge in [0.2, 0.25) is 0 Å². The quantitative estimate of drug-likeness (QED) is 0.520. The number of hydrogen-bond acceptors (Lipinski definition) is 3. The van der Waals surface area contributed by atoms with Gasteiger partial charge in [-0.2, -0.15) is 0 Å². The molecular formula is C16H25NO2. The normalized spacial score (nSPS) is 10.4. The van der Waals surface area contributed by atoms with Crippen LogP contribution in [0.3, 0.4) is 0 Å². The zero-order valence-corrected chi connectivity index (χ0v) is 12.1. The van der Waals surface area contributed by atoms with E-state index in [0.29, 0.717) is 0 Å². The minimum Gasteiger partial charge on any atom is -0.493 e. The van der Waals surface area contributed by atoms with Crippen LogP contribution in [0, 0.1) is 6.92 Å². The molecule has 0 aliphatic rings. The third-order valence-corrected chi connectivity index (χ3v) is 2.82. The summed E-state index contributed by atoms with van der Waals surface area (Å²) in [6.45, 7) is 9.20. The van der Waals surface area contributed by atoms with Crippen LogP contribution >= 0.6 is 0 Å². The van der Waals surface area contributed by atoms with Crippen molar-refractivity contribution in [3.63, 3.8) is 0 Å². The first-order chi connectivity index (χ1) is 9.27. The van der Waals surface area contributed by atoms with E-state index in [2.05, 4.69) is 31.0 Å². The number of nitrogens with one attached hydrogen (secondary N) is 1. The fourth-order valence-electron chi connectivity index (χ4n) is 1.84. The fourth-order valence-corrected chi connectivity index (χ4v) is 1.84. The molecular weight excluding hydrogens is 238 g/mol. The van der Waals surface area contributed by atoms with E-state index in [1.807, 2.05) is 12.1 Å². The van der Waals surface area contributed by atoms with E-state index in [1.54, 1.807) is 7.11 Å². The lowest BCUT2D eigenvalue weighted by Crippen LogP contribution is -2.21. The number of hydrogen-bond donors (Lipinski definition) is 1. The van der Waals surface area contributed by atoms with Crippen LogP contribution in [0.15, 0.2) is 30.9 Å². The van der Waals surface area contributed by atoms with Crippen molar-refractivity contribution in [2.75, 3.05) is 33.4 Å². The van der Waals surface area contributed by atoms with Crippen molar-refractivity contribution in [3.8, 4) is 5.75 Å². The van der Waals surface area contributed by atoms with Crippen molar-refractivity contribution in [2.24, 2.45) is 0 Å². The van der Waals surface area contributed by atoms with Crippen LogP contribution in [-0.2, 0) is 11.2 Å². The van der Waals surface area contributed by atoms with Crippen LogP contribution in [0.5, 0.6) is 5.75 Å². The van der Waals surface area contributed by atoms with E-state index >= 15 is 0 Å². The van der Waals surface area contributed by atoms with Gasteiger partial charge in [-0.05, 0) is 37.9 Å². The van der Waals surface area contributed by atoms with Crippen molar-refractivity contribution < 1.29 is 9.47 Å². The second kappa shape index (κ2) is 9.59. The summed E-state index contributed by atoms with van der Waals surface area (Å²) in [5, 5.41) is 3.30. The molecule has 0 unspecified atom stereocenters. The molecule has 1 aromatic carbocycles. The maximum atomic E-state index is 5.83. The molecule has 3 nitrogen and oxygen atoms in total. The van der Waals surface area contributed by atoms with Crippen LogP contribution < -0.4 is 10.1 Å².